The van der Waals surface area contributed by atoms with Gasteiger partial charge in [-0.2, -0.15) is 0 Å². The Balaban J connectivity index is 1.28. The number of benzene rings is 1. The zero-order valence-electron chi connectivity index (χ0n) is 18.5. The number of hydrogen-bond acceptors (Lipinski definition) is 5. The number of anilines is 1. The maximum atomic E-state index is 13.4. The smallest absolute Gasteiger partial charge is 0.318 e. The Bertz CT molecular complexity index is 1120. The van der Waals surface area contributed by atoms with Gasteiger partial charge in [-0.3, -0.25) is 0 Å². The fourth-order valence-corrected chi connectivity index (χ4v) is 7.97. The summed E-state index contributed by atoms with van der Waals surface area (Å²) in [5.41, 5.74) is 9.04. The fourth-order valence-electron chi connectivity index (χ4n) is 7.08. The highest BCUT2D eigenvalue weighted by Crippen LogP contribution is 2.55. The highest BCUT2D eigenvalue weighted by atomic mass is 79.9. The molecule has 0 atom stereocenters. The first-order valence-electron chi connectivity index (χ1n) is 11.6. The molecule has 0 spiro atoms. The quantitative estimate of drug-likeness (QED) is 0.571. The van der Waals surface area contributed by atoms with Crippen molar-refractivity contribution < 1.29 is 9.53 Å². The number of nitrogens with zero attached hydrogens (tertiary/aromatic N) is 3. The molecular weight excluding hydrogens is 506 g/mol. The van der Waals surface area contributed by atoms with Gasteiger partial charge in [-0.1, -0.05) is 11.6 Å². The van der Waals surface area contributed by atoms with E-state index in [1.807, 2.05) is 11.0 Å². The summed E-state index contributed by atoms with van der Waals surface area (Å²) < 4.78 is 6.21. The van der Waals surface area contributed by atoms with Crippen LogP contribution in [0, 0.1) is 17.8 Å². The van der Waals surface area contributed by atoms with Crippen molar-refractivity contribution in [1.82, 2.24) is 20.2 Å². The molecule has 33 heavy (non-hydrogen) atoms. The van der Waals surface area contributed by atoms with Crippen LogP contribution >= 0.6 is 27.5 Å². The van der Waals surface area contributed by atoms with Gasteiger partial charge in [0.05, 0.1) is 41.1 Å². The molecule has 4 bridgehead atoms. The summed E-state index contributed by atoms with van der Waals surface area (Å²) in [4.78, 5) is 24.2. The highest BCUT2D eigenvalue weighted by Gasteiger charge is 2.52. The normalized spacial score (nSPS) is 29.3. The molecule has 7 nitrogen and oxygen atoms in total. The second-order valence-corrected chi connectivity index (χ2v) is 11.6. The minimum Gasteiger partial charge on any atom is -0.496 e. The van der Waals surface area contributed by atoms with Crippen molar-refractivity contribution in [2.45, 2.75) is 57.2 Å². The zero-order chi connectivity index (χ0) is 22.9. The molecule has 4 fully saturated rings. The molecule has 1 aromatic heterocycles. The lowest BCUT2D eigenvalue weighted by Gasteiger charge is -2.57. The third-order valence-electron chi connectivity index (χ3n) is 7.99. The number of hydrogen-bond donors (Lipinski definition) is 2. The monoisotopic (exact) mass is 531 g/mol. The molecule has 0 unspecified atom stereocenters. The lowest BCUT2D eigenvalue weighted by molar-refractivity contribution is -0.0157. The zero-order valence-corrected chi connectivity index (χ0v) is 20.9. The van der Waals surface area contributed by atoms with E-state index >= 15 is 0 Å². The molecule has 9 heteroatoms. The van der Waals surface area contributed by atoms with Gasteiger partial charge in [-0.15, -0.1) is 0 Å². The largest absolute Gasteiger partial charge is 0.496 e. The molecule has 4 aliphatic carbocycles. The third kappa shape index (κ3) is 3.66. The number of halogens is 2. The van der Waals surface area contributed by atoms with Gasteiger partial charge in [0.2, 0.25) is 5.95 Å². The van der Waals surface area contributed by atoms with Crippen molar-refractivity contribution in [2.24, 2.45) is 17.8 Å². The summed E-state index contributed by atoms with van der Waals surface area (Å²) in [6, 6.07) is 3.61. The molecule has 1 aromatic carbocycles. The van der Waals surface area contributed by atoms with Crippen LogP contribution in [-0.2, 0) is 13.1 Å². The van der Waals surface area contributed by atoms with Crippen LogP contribution in [0.2, 0.25) is 5.02 Å². The maximum Gasteiger partial charge on any atom is 0.318 e. The number of urea groups is 1. The van der Waals surface area contributed by atoms with Gasteiger partial charge in [0.25, 0.3) is 0 Å². The Morgan fingerprint density at radius 3 is 2.48 bits per heavy atom. The van der Waals surface area contributed by atoms with Crippen molar-refractivity contribution in [3.05, 3.63) is 32.9 Å². The molecule has 3 N–H and O–H groups in total. The van der Waals surface area contributed by atoms with Crippen LogP contribution < -0.4 is 15.8 Å². The summed E-state index contributed by atoms with van der Waals surface area (Å²) >= 11 is 10.0. The first-order chi connectivity index (χ1) is 15.8. The van der Waals surface area contributed by atoms with Crippen LogP contribution in [0.3, 0.4) is 0 Å². The van der Waals surface area contributed by atoms with Crippen molar-refractivity contribution in [3.8, 4) is 17.0 Å². The number of nitrogens with one attached hydrogen (secondary N) is 1. The molecule has 2 heterocycles. The van der Waals surface area contributed by atoms with Crippen molar-refractivity contribution in [3.63, 3.8) is 0 Å². The van der Waals surface area contributed by atoms with Crippen LogP contribution in [0.5, 0.6) is 5.75 Å². The molecule has 2 aromatic rings. The summed E-state index contributed by atoms with van der Waals surface area (Å²) in [6.45, 7) is 0.844. The van der Waals surface area contributed by atoms with Gasteiger partial charge in [0, 0.05) is 16.7 Å². The van der Waals surface area contributed by atoms with Crippen LogP contribution in [0.1, 0.15) is 49.8 Å². The molecule has 1 aliphatic heterocycles. The number of nitrogens with two attached hydrogens (primary N) is 1. The van der Waals surface area contributed by atoms with Gasteiger partial charge < -0.3 is 20.7 Å². The lowest BCUT2D eigenvalue weighted by Crippen LogP contribution is -2.61. The fraction of sp³-hybridized carbons (Fsp3) is 0.542. The molecule has 0 saturated heterocycles. The van der Waals surface area contributed by atoms with Crippen molar-refractivity contribution in [2.75, 3.05) is 12.8 Å². The lowest BCUT2D eigenvalue weighted by atomic mass is 9.53. The highest BCUT2D eigenvalue weighted by molar-refractivity contribution is 9.10. The van der Waals surface area contributed by atoms with Gasteiger partial charge in [0.15, 0.2) is 0 Å². The minimum absolute atomic E-state index is 0.0149. The van der Waals surface area contributed by atoms with E-state index < -0.39 is 0 Å². The first-order valence-corrected chi connectivity index (χ1v) is 12.8. The average molecular weight is 533 g/mol. The van der Waals surface area contributed by atoms with E-state index in [1.165, 1.54) is 19.3 Å². The van der Waals surface area contributed by atoms with Gasteiger partial charge >= 0.3 is 6.03 Å². The van der Waals surface area contributed by atoms with E-state index in [0.717, 1.165) is 52.7 Å². The first kappa shape index (κ1) is 21.5. The van der Waals surface area contributed by atoms with Crippen molar-refractivity contribution in [1.29, 1.82) is 0 Å². The molecule has 5 aliphatic rings. The van der Waals surface area contributed by atoms with Crippen LogP contribution in [0.4, 0.5) is 10.7 Å². The van der Waals surface area contributed by atoms with E-state index in [-0.39, 0.29) is 17.5 Å². The molecular formula is C24H27BrClN5O2. The van der Waals surface area contributed by atoms with E-state index in [2.05, 4.69) is 31.2 Å². The maximum absolute atomic E-state index is 13.4. The van der Waals surface area contributed by atoms with E-state index in [1.54, 1.807) is 13.2 Å². The van der Waals surface area contributed by atoms with Crippen LogP contribution in [0.15, 0.2) is 16.6 Å². The summed E-state index contributed by atoms with van der Waals surface area (Å²) in [5.74, 6) is 3.15. The third-order valence-corrected chi connectivity index (χ3v) is 8.93. The SMILES string of the molecule is COc1cc(-c2nc(N)nc3c2CN(C(=O)NC24CC5CC(CC(C5)C2)C4)C3)c(Cl)cc1Br. The Labute approximate surface area is 206 Å². The molecule has 2 amide bonds. The summed E-state index contributed by atoms with van der Waals surface area (Å²) in [6.07, 6.45) is 7.41. The number of rotatable bonds is 3. The molecule has 4 saturated carbocycles. The number of carbonyl (C=O) groups excluding carboxylic acids is 1. The summed E-state index contributed by atoms with van der Waals surface area (Å²) in [5, 5.41) is 3.99. The summed E-state index contributed by atoms with van der Waals surface area (Å²) in [7, 11) is 1.60. The average Bonchev–Trinajstić information content (AvgIpc) is 3.16. The molecule has 174 valence electrons. The topological polar surface area (TPSA) is 93.4 Å². The van der Waals surface area contributed by atoms with E-state index in [4.69, 9.17) is 22.1 Å². The Morgan fingerprint density at radius 1 is 1.18 bits per heavy atom. The molecule has 0 radical (unpaired) electrons. The predicted octanol–water partition coefficient (Wildman–Crippen LogP) is 5.14. The number of methoxy groups -OCH3 is 1. The molecule has 7 rings (SSSR count). The standard InChI is InChI=1S/C24H27BrClN5O2/c1-33-20-5-15(18(26)6-17(20)25)21-16-10-31(11-19(16)28-22(27)29-21)23(32)30-24-7-12-2-13(8-24)4-14(3-12)9-24/h5-6,12-14H,2-4,7-11H2,1H3,(H,30,32)(H2,27,28,29). The van der Waals surface area contributed by atoms with Gasteiger partial charge in [-0.05, 0) is 84.3 Å². The number of ether oxygens (including phenoxy) is 1. The Hall–Kier alpha value is -2.06. The second-order valence-electron chi connectivity index (χ2n) is 10.3. The Kier molecular flexibility index (Phi) is 5.03. The van der Waals surface area contributed by atoms with E-state index in [9.17, 15) is 4.79 Å². The van der Waals surface area contributed by atoms with E-state index in [0.29, 0.717) is 35.1 Å². The number of nitrogen functional groups attached to an aromatic ring is 1. The van der Waals surface area contributed by atoms with Gasteiger partial charge in [0.1, 0.15) is 5.75 Å². The van der Waals surface area contributed by atoms with Crippen LogP contribution in [0.25, 0.3) is 11.3 Å². The van der Waals surface area contributed by atoms with Crippen molar-refractivity contribution >= 4 is 39.5 Å². The Morgan fingerprint density at radius 2 is 1.85 bits per heavy atom. The number of fused-ring (bicyclic) bond motifs is 1. The second kappa shape index (κ2) is 7.73. The van der Waals surface area contributed by atoms with Crippen LogP contribution in [-0.4, -0.2) is 33.5 Å². The number of aromatic nitrogens is 2. The van der Waals surface area contributed by atoms with Gasteiger partial charge in [-0.25, -0.2) is 14.8 Å². The number of amides is 2. The predicted molar refractivity (Wildman–Crippen MR) is 130 cm³/mol. The number of carbonyl (C=O) groups is 1. The minimum atomic E-state index is -0.0312.